The van der Waals surface area contributed by atoms with Crippen LogP contribution in [0.1, 0.15) is 16.1 Å². The van der Waals surface area contributed by atoms with Crippen LogP contribution in [0.5, 0.6) is 0 Å². The van der Waals surface area contributed by atoms with Gasteiger partial charge in [0.2, 0.25) is 5.95 Å². The molecule has 2 heterocycles. The SMILES string of the molecule is Cc1nc(N2CCOCC2)nc(N)c1C(=O)O. The Labute approximate surface area is 98.2 Å². The van der Waals surface area contributed by atoms with Gasteiger partial charge in [-0.3, -0.25) is 0 Å². The van der Waals surface area contributed by atoms with E-state index >= 15 is 0 Å². The summed E-state index contributed by atoms with van der Waals surface area (Å²) in [5.74, 6) is -0.631. The Kier molecular flexibility index (Phi) is 3.10. The first-order valence-electron chi connectivity index (χ1n) is 5.29. The fourth-order valence-corrected chi connectivity index (χ4v) is 1.75. The Morgan fingerprint density at radius 2 is 2.06 bits per heavy atom. The molecule has 0 amide bonds. The number of nitrogen functional groups attached to an aromatic ring is 1. The zero-order chi connectivity index (χ0) is 12.4. The predicted molar refractivity (Wildman–Crippen MR) is 61.2 cm³/mol. The summed E-state index contributed by atoms with van der Waals surface area (Å²) in [4.78, 5) is 21.1. The molecule has 0 radical (unpaired) electrons. The van der Waals surface area contributed by atoms with Gasteiger partial charge in [0, 0.05) is 13.1 Å². The second kappa shape index (κ2) is 4.54. The number of hydrogen-bond donors (Lipinski definition) is 2. The highest BCUT2D eigenvalue weighted by molar-refractivity contribution is 5.93. The number of nitrogens with two attached hydrogens (primary N) is 1. The van der Waals surface area contributed by atoms with Gasteiger partial charge in [-0.05, 0) is 6.92 Å². The molecule has 0 saturated carbocycles. The molecule has 0 unspecified atom stereocenters. The number of aryl methyl sites for hydroxylation is 1. The first-order valence-corrected chi connectivity index (χ1v) is 5.29. The van der Waals surface area contributed by atoms with Crippen LogP contribution in [0.3, 0.4) is 0 Å². The number of aromatic carboxylic acids is 1. The smallest absolute Gasteiger partial charge is 0.341 e. The zero-order valence-corrected chi connectivity index (χ0v) is 9.51. The lowest BCUT2D eigenvalue weighted by molar-refractivity contribution is 0.0696. The summed E-state index contributed by atoms with van der Waals surface area (Å²) < 4.78 is 5.22. The summed E-state index contributed by atoms with van der Waals surface area (Å²) in [7, 11) is 0. The van der Waals surface area contributed by atoms with Crippen LogP contribution in [0.4, 0.5) is 11.8 Å². The lowest BCUT2D eigenvalue weighted by Gasteiger charge is -2.27. The van der Waals surface area contributed by atoms with E-state index in [2.05, 4.69) is 9.97 Å². The van der Waals surface area contributed by atoms with E-state index in [1.54, 1.807) is 6.92 Å². The van der Waals surface area contributed by atoms with Gasteiger partial charge in [-0.25, -0.2) is 9.78 Å². The predicted octanol–water partition coefficient (Wildman–Crippen LogP) is -0.0980. The summed E-state index contributed by atoms with van der Waals surface area (Å²) in [6.45, 7) is 4.22. The third-order valence-electron chi connectivity index (χ3n) is 2.61. The van der Waals surface area contributed by atoms with Crippen molar-refractivity contribution in [3.8, 4) is 0 Å². The molecule has 1 fully saturated rings. The second-order valence-corrected chi connectivity index (χ2v) is 3.77. The molecule has 92 valence electrons. The molecule has 7 nitrogen and oxygen atoms in total. The lowest BCUT2D eigenvalue weighted by atomic mass is 10.2. The van der Waals surface area contributed by atoms with E-state index in [-0.39, 0.29) is 11.4 Å². The number of carboxylic acids is 1. The van der Waals surface area contributed by atoms with Crippen LogP contribution in [0.15, 0.2) is 0 Å². The molecular formula is C10H14N4O3. The molecule has 2 rings (SSSR count). The summed E-state index contributed by atoms with van der Waals surface area (Å²) >= 11 is 0. The number of carboxylic acid groups (broad SMARTS) is 1. The molecule has 1 aliphatic heterocycles. The number of anilines is 2. The molecular weight excluding hydrogens is 224 g/mol. The van der Waals surface area contributed by atoms with Gasteiger partial charge in [-0.1, -0.05) is 0 Å². The molecule has 1 aliphatic rings. The molecule has 0 atom stereocenters. The van der Waals surface area contributed by atoms with Gasteiger partial charge in [-0.15, -0.1) is 0 Å². The van der Waals surface area contributed by atoms with Gasteiger partial charge in [0.15, 0.2) is 0 Å². The van der Waals surface area contributed by atoms with Gasteiger partial charge in [0.25, 0.3) is 0 Å². The molecule has 1 saturated heterocycles. The molecule has 1 aromatic heterocycles. The van der Waals surface area contributed by atoms with Crippen LogP contribution in [-0.2, 0) is 4.74 Å². The third-order valence-corrected chi connectivity index (χ3v) is 2.61. The van der Waals surface area contributed by atoms with Crippen LogP contribution >= 0.6 is 0 Å². The maximum Gasteiger partial charge on any atom is 0.341 e. The lowest BCUT2D eigenvalue weighted by Crippen LogP contribution is -2.37. The van der Waals surface area contributed by atoms with Crippen LogP contribution in [-0.4, -0.2) is 47.3 Å². The first-order chi connectivity index (χ1) is 8.09. The Hall–Kier alpha value is -1.89. The number of rotatable bonds is 2. The largest absolute Gasteiger partial charge is 0.477 e. The topological polar surface area (TPSA) is 102 Å². The van der Waals surface area contributed by atoms with Gasteiger partial charge >= 0.3 is 5.97 Å². The number of hydrogen-bond acceptors (Lipinski definition) is 6. The third kappa shape index (κ3) is 2.28. The molecule has 0 bridgehead atoms. The zero-order valence-electron chi connectivity index (χ0n) is 9.51. The minimum absolute atomic E-state index is 0.00601. The Morgan fingerprint density at radius 3 is 2.59 bits per heavy atom. The standard InChI is InChI=1S/C10H14N4O3/c1-6-7(9(15)16)8(11)13-10(12-6)14-2-4-17-5-3-14/h2-5H2,1H3,(H,15,16)(H2,11,12,13). The monoisotopic (exact) mass is 238 g/mol. The first kappa shape index (κ1) is 11.6. The molecule has 0 spiro atoms. The maximum absolute atomic E-state index is 10.9. The van der Waals surface area contributed by atoms with Crippen LogP contribution < -0.4 is 10.6 Å². The van der Waals surface area contributed by atoms with E-state index in [1.165, 1.54) is 0 Å². The highest BCUT2D eigenvalue weighted by Crippen LogP contribution is 2.18. The van der Waals surface area contributed by atoms with Crippen molar-refractivity contribution in [1.82, 2.24) is 9.97 Å². The van der Waals surface area contributed by atoms with E-state index in [0.29, 0.717) is 37.9 Å². The van der Waals surface area contributed by atoms with Crippen molar-refractivity contribution in [3.63, 3.8) is 0 Å². The van der Waals surface area contributed by atoms with Crippen LogP contribution in [0.25, 0.3) is 0 Å². The van der Waals surface area contributed by atoms with Gasteiger partial charge in [0.05, 0.1) is 18.9 Å². The van der Waals surface area contributed by atoms with Gasteiger partial charge < -0.3 is 20.5 Å². The minimum atomic E-state index is -1.10. The summed E-state index contributed by atoms with van der Waals surface area (Å²) in [5, 5.41) is 8.95. The highest BCUT2D eigenvalue weighted by atomic mass is 16.5. The summed E-state index contributed by atoms with van der Waals surface area (Å²) in [6, 6.07) is 0. The van der Waals surface area contributed by atoms with Crippen molar-refractivity contribution < 1.29 is 14.6 Å². The van der Waals surface area contributed by atoms with E-state index in [9.17, 15) is 4.79 Å². The number of carbonyl (C=O) groups is 1. The average molecular weight is 238 g/mol. The molecule has 0 aliphatic carbocycles. The van der Waals surface area contributed by atoms with E-state index < -0.39 is 5.97 Å². The number of nitrogens with zero attached hydrogens (tertiary/aromatic N) is 3. The average Bonchev–Trinajstić information content (AvgIpc) is 2.28. The molecule has 0 aromatic carbocycles. The molecule has 7 heteroatoms. The minimum Gasteiger partial charge on any atom is -0.477 e. The van der Waals surface area contributed by atoms with E-state index in [4.69, 9.17) is 15.6 Å². The quantitative estimate of drug-likeness (QED) is 0.741. The normalized spacial score (nSPS) is 15.9. The molecule has 1 aromatic rings. The molecule has 17 heavy (non-hydrogen) atoms. The number of morpholine rings is 1. The summed E-state index contributed by atoms with van der Waals surface area (Å²) in [5.41, 5.74) is 6.00. The van der Waals surface area contributed by atoms with Crippen molar-refractivity contribution in [3.05, 3.63) is 11.3 Å². The van der Waals surface area contributed by atoms with Crippen molar-refractivity contribution >= 4 is 17.7 Å². The highest BCUT2D eigenvalue weighted by Gasteiger charge is 2.19. The fraction of sp³-hybridized carbons (Fsp3) is 0.500. The molecule has 3 N–H and O–H groups in total. The van der Waals surface area contributed by atoms with Crippen molar-refractivity contribution in [2.75, 3.05) is 36.9 Å². The summed E-state index contributed by atoms with van der Waals surface area (Å²) in [6.07, 6.45) is 0. The van der Waals surface area contributed by atoms with E-state index in [1.807, 2.05) is 4.90 Å². The second-order valence-electron chi connectivity index (χ2n) is 3.77. The van der Waals surface area contributed by atoms with Gasteiger partial charge in [0.1, 0.15) is 11.4 Å². The fourth-order valence-electron chi connectivity index (χ4n) is 1.75. The van der Waals surface area contributed by atoms with E-state index in [0.717, 1.165) is 0 Å². The maximum atomic E-state index is 10.9. The Morgan fingerprint density at radius 1 is 1.41 bits per heavy atom. The Balaban J connectivity index is 2.34. The number of aromatic nitrogens is 2. The van der Waals surface area contributed by atoms with Crippen LogP contribution in [0.2, 0.25) is 0 Å². The van der Waals surface area contributed by atoms with Gasteiger partial charge in [-0.2, -0.15) is 4.98 Å². The Bertz CT molecular complexity index is 420. The van der Waals surface area contributed by atoms with Crippen LogP contribution in [0, 0.1) is 6.92 Å². The van der Waals surface area contributed by atoms with Crippen molar-refractivity contribution in [2.24, 2.45) is 0 Å². The number of ether oxygens (including phenoxy) is 1. The van der Waals surface area contributed by atoms with Crippen molar-refractivity contribution in [1.29, 1.82) is 0 Å². The van der Waals surface area contributed by atoms with Crippen molar-refractivity contribution in [2.45, 2.75) is 6.92 Å².